The zero-order chi connectivity index (χ0) is 9.14. The van der Waals surface area contributed by atoms with Crippen LogP contribution in [0, 0.1) is 0 Å². The number of carbonyl (C=O) groups is 1. The van der Waals surface area contributed by atoms with Crippen molar-refractivity contribution in [2.45, 2.75) is 25.3 Å². The molecule has 0 radical (unpaired) electrons. The van der Waals surface area contributed by atoms with Gasteiger partial charge in [0.2, 0.25) is 5.91 Å². The molecule has 1 aliphatic carbocycles. The van der Waals surface area contributed by atoms with Gasteiger partial charge in [-0.25, -0.2) is 0 Å². The van der Waals surface area contributed by atoms with E-state index in [1.165, 1.54) is 0 Å². The number of nitrogens with zero attached hydrogens (tertiary/aromatic N) is 2. The topological polar surface area (TPSA) is 78.9 Å². The van der Waals surface area contributed by atoms with Gasteiger partial charge < -0.3 is 15.8 Å². The van der Waals surface area contributed by atoms with Crippen molar-refractivity contribution < 1.29 is 10.0 Å². The Balaban J connectivity index is 2.36. The molecule has 1 fully saturated rings. The average molecular weight is 171 g/mol. The fraction of sp³-hybridized carbons (Fsp3) is 0.714. The summed E-state index contributed by atoms with van der Waals surface area (Å²) >= 11 is 0. The molecule has 68 valence electrons. The maximum Gasteiger partial charge on any atom is 0.230 e. The Hall–Kier alpha value is -1.26. The molecular formula is C7H13N3O2. The first-order valence-corrected chi connectivity index (χ1v) is 3.87. The Bertz CT molecular complexity index is 211. The molecule has 0 aromatic rings. The van der Waals surface area contributed by atoms with Gasteiger partial charge in [0.15, 0.2) is 0 Å². The average Bonchev–Trinajstić information content (AvgIpc) is 2.85. The second-order valence-corrected chi connectivity index (χ2v) is 3.00. The van der Waals surface area contributed by atoms with E-state index in [-0.39, 0.29) is 18.2 Å². The number of amidine groups is 1. The van der Waals surface area contributed by atoms with Crippen LogP contribution in [0.15, 0.2) is 5.16 Å². The molecule has 3 N–H and O–H groups in total. The first-order chi connectivity index (χ1) is 5.65. The number of nitrogens with two attached hydrogens (primary N) is 1. The lowest BCUT2D eigenvalue weighted by Gasteiger charge is -2.15. The van der Waals surface area contributed by atoms with E-state index in [1.807, 2.05) is 0 Å². The first kappa shape index (κ1) is 8.83. The number of carbonyl (C=O) groups excluding carboxylic acids is 1. The Morgan fingerprint density at radius 2 is 2.33 bits per heavy atom. The lowest BCUT2D eigenvalue weighted by molar-refractivity contribution is -0.129. The minimum absolute atomic E-state index is 0.00347. The maximum absolute atomic E-state index is 11.2. The molecule has 0 saturated heterocycles. The maximum atomic E-state index is 11.2. The predicted molar refractivity (Wildman–Crippen MR) is 43.8 cm³/mol. The van der Waals surface area contributed by atoms with Crippen LogP contribution >= 0.6 is 0 Å². The third-order valence-corrected chi connectivity index (χ3v) is 1.95. The molecule has 0 heterocycles. The summed E-state index contributed by atoms with van der Waals surface area (Å²) in [5.41, 5.74) is 5.18. The number of oxime groups is 1. The van der Waals surface area contributed by atoms with Gasteiger partial charge in [-0.2, -0.15) is 0 Å². The molecule has 0 aromatic heterocycles. The summed E-state index contributed by atoms with van der Waals surface area (Å²) < 4.78 is 0. The van der Waals surface area contributed by atoms with E-state index < -0.39 is 0 Å². The van der Waals surface area contributed by atoms with Gasteiger partial charge in [-0.05, 0) is 12.8 Å². The van der Waals surface area contributed by atoms with Crippen LogP contribution < -0.4 is 5.73 Å². The fourth-order valence-electron chi connectivity index (χ4n) is 0.980. The van der Waals surface area contributed by atoms with Gasteiger partial charge in [-0.1, -0.05) is 5.16 Å². The highest BCUT2D eigenvalue weighted by Gasteiger charge is 2.29. The molecule has 12 heavy (non-hydrogen) atoms. The van der Waals surface area contributed by atoms with Crippen molar-refractivity contribution in [2.24, 2.45) is 10.9 Å². The molecule has 5 heteroatoms. The lowest BCUT2D eigenvalue weighted by Crippen LogP contribution is -2.32. The first-order valence-electron chi connectivity index (χ1n) is 3.87. The van der Waals surface area contributed by atoms with Crippen LogP contribution in [0.3, 0.4) is 0 Å². The van der Waals surface area contributed by atoms with Crippen LogP contribution in [0.2, 0.25) is 0 Å². The third-order valence-electron chi connectivity index (χ3n) is 1.95. The molecule has 0 aliphatic heterocycles. The Morgan fingerprint density at radius 3 is 2.75 bits per heavy atom. The molecule has 0 aromatic carbocycles. The molecule has 1 amide bonds. The minimum Gasteiger partial charge on any atom is -0.409 e. The molecule has 1 aliphatic rings. The van der Waals surface area contributed by atoms with E-state index in [4.69, 9.17) is 10.9 Å². The summed E-state index contributed by atoms with van der Waals surface area (Å²) in [7, 11) is 1.74. The summed E-state index contributed by atoms with van der Waals surface area (Å²) in [4.78, 5) is 12.9. The largest absolute Gasteiger partial charge is 0.409 e. The molecule has 1 rings (SSSR count). The number of amides is 1. The monoisotopic (exact) mass is 171 g/mol. The van der Waals surface area contributed by atoms with E-state index >= 15 is 0 Å². The molecule has 0 spiro atoms. The van der Waals surface area contributed by atoms with Crippen molar-refractivity contribution in [1.82, 2.24) is 4.90 Å². The molecule has 0 atom stereocenters. The number of hydrogen-bond acceptors (Lipinski definition) is 3. The molecule has 5 nitrogen and oxygen atoms in total. The minimum atomic E-state index is -0.0900. The summed E-state index contributed by atoms with van der Waals surface area (Å²) in [5, 5.41) is 10.9. The van der Waals surface area contributed by atoms with Gasteiger partial charge in [0.1, 0.15) is 5.84 Å². The highest BCUT2D eigenvalue weighted by molar-refractivity contribution is 5.98. The molecular weight excluding hydrogens is 158 g/mol. The van der Waals surface area contributed by atoms with Crippen LogP contribution in [0.25, 0.3) is 0 Å². The summed E-state index contributed by atoms with van der Waals surface area (Å²) in [6.07, 6.45) is 2.14. The van der Waals surface area contributed by atoms with Crippen LogP contribution in [0.5, 0.6) is 0 Å². The van der Waals surface area contributed by atoms with Crippen LogP contribution in [-0.2, 0) is 4.79 Å². The van der Waals surface area contributed by atoms with Gasteiger partial charge >= 0.3 is 0 Å². The zero-order valence-corrected chi connectivity index (χ0v) is 7.03. The van der Waals surface area contributed by atoms with E-state index in [2.05, 4.69) is 5.16 Å². The van der Waals surface area contributed by atoms with E-state index in [0.717, 1.165) is 12.8 Å². The Labute approximate surface area is 70.8 Å². The van der Waals surface area contributed by atoms with Crippen LogP contribution in [-0.4, -0.2) is 34.9 Å². The molecule has 1 saturated carbocycles. The van der Waals surface area contributed by atoms with E-state index in [1.54, 1.807) is 11.9 Å². The quantitative estimate of drug-likeness (QED) is 0.266. The normalized spacial score (nSPS) is 17.6. The second kappa shape index (κ2) is 3.42. The van der Waals surface area contributed by atoms with Gasteiger partial charge in [-0.3, -0.25) is 4.79 Å². The lowest BCUT2D eigenvalue weighted by atomic mass is 10.3. The summed E-state index contributed by atoms with van der Waals surface area (Å²) in [6, 6.07) is 0.379. The molecule has 0 unspecified atom stereocenters. The summed E-state index contributed by atoms with van der Waals surface area (Å²) in [5.74, 6) is -0.125. The second-order valence-electron chi connectivity index (χ2n) is 3.00. The zero-order valence-electron chi connectivity index (χ0n) is 7.03. The highest BCUT2D eigenvalue weighted by Crippen LogP contribution is 2.25. The van der Waals surface area contributed by atoms with Crippen LogP contribution in [0.1, 0.15) is 19.3 Å². The predicted octanol–water partition coefficient (Wildman–Crippen LogP) is -0.256. The standard InChI is InChI=1S/C7H13N3O2/c1-10(5-2-3-5)7(11)4-6(8)9-12/h5,12H,2-4H2,1H3,(H2,8,9). The van der Waals surface area contributed by atoms with Crippen molar-refractivity contribution in [3.63, 3.8) is 0 Å². The van der Waals surface area contributed by atoms with Crippen molar-refractivity contribution >= 4 is 11.7 Å². The fourth-order valence-corrected chi connectivity index (χ4v) is 0.980. The van der Waals surface area contributed by atoms with Crippen molar-refractivity contribution in [3.8, 4) is 0 Å². The Kier molecular flexibility index (Phi) is 2.52. The SMILES string of the molecule is CN(C(=O)C/C(N)=N/O)C1CC1. The molecule has 0 bridgehead atoms. The van der Waals surface area contributed by atoms with Gasteiger partial charge in [0.25, 0.3) is 0 Å². The van der Waals surface area contributed by atoms with Crippen molar-refractivity contribution in [3.05, 3.63) is 0 Å². The third kappa shape index (κ3) is 2.11. The van der Waals surface area contributed by atoms with Crippen molar-refractivity contribution in [2.75, 3.05) is 7.05 Å². The van der Waals surface area contributed by atoms with Gasteiger partial charge in [-0.15, -0.1) is 0 Å². The Morgan fingerprint density at radius 1 is 1.75 bits per heavy atom. The van der Waals surface area contributed by atoms with Gasteiger partial charge in [0.05, 0.1) is 6.42 Å². The van der Waals surface area contributed by atoms with E-state index in [9.17, 15) is 4.79 Å². The smallest absolute Gasteiger partial charge is 0.230 e. The number of rotatable bonds is 3. The summed E-state index contributed by atoms with van der Waals surface area (Å²) in [6.45, 7) is 0. The van der Waals surface area contributed by atoms with E-state index in [0.29, 0.717) is 6.04 Å². The van der Waals surface area contributed by atoms with Crippen molar-refractivity contribution in [1.29, 1.82) is 0 Å². The number of hydrogen-bond donors (Lipinski definition) is 2. The highest BCUT2D eigenvalue weighted by atomic mass is 16.4. The van der Waals surface area contributed by atoms with Crippen LogP contribution in [0.4, 0.5) is 0 Å². The van der Waals surface area contributed by atoms with Gasteiger partial charge in [0, 0.05) is 13.1 Å².